The Morgan fingerprint density at radius 3 is 2.50 bits per heavy atom. The van der Waals surface area contributed by atoms with Gasteiger partial charge in [-0.15, -0.1) is 11.8 Å². The number of hydrogen-bond acceptors (Lipinski definition) is 3. The van der Waals surface area contributed by atoms with E-state index >= 15 is 0 Å². The molecule has 1 aliphatic heterocycles. The molecule has 22 heavy (non-hydrogen) atoms. The van der Waals surface area contributed by atoms with Crippen molar-refractivity contribution in [1.82, 2.24) is 0 Å². The minimum atomic E-state index is -0.623. The molecule has 2 nitrogen and oxygen atoms in total. The van der Waals surface area contributed by atoms with E-state index in [1.54, 1.807) is 24.3 Å². The third-order valence-electron chi connectivity index (χ3n) is 3.44. The molecule has 0 fully saturated rings. The summed E-state index contributed by atoms with van der Waals surface area (Å²) in [6, 6.07) is 9.06. The normalized spacial score (nSPS) is 20.1. The number of thioether (sulfide) groups is 1. The molecule has 1 unspecified atom stereocenters. The molecule has 0 radical (unpaired) electrons. The summed E-state index contributed by atoms with van der Waals surface area (Å²) in [5.41, 5.74) is 0.100. The lowest BCUT2D eigenvalue weighted by atomic mass is 9.96. The van der Waals surface area contributed by atoms with Gasteiger partial charge in [0.2, 0.25) is 0 Å². The summed E-state index contributed by atoms with van der Waals surface area (Å²) in [6.07, 6.45) is 0.723. The van der Waals surface area contributed by atoms with Gasteiger partial charge in [-0.25, -0.2) is 8.78 Å². The number of fused-ring (bicyclic) bond motifs is 1. The summed E-state index contributed by atoms with van der Waals surface area (Å²) >= 11 is 7.14. The van der Waals surface area contributed by atoms with E-state index in [4.69, 9.17) is 16.3 Å². The fourth-order valence-corrected chi connectivity index (χ4v) is 3.73. The summed E-state index contributed by atoms with van der Waals surface area (Å²) in [4.78, 5) is 12.1. The van der Waals surface area contributed by atoms with Crippen molar-refractivity contribution >= 4 is 29.6 Å². The molecule has 2 atom stereocenters. The smallest absolute Gasteiger partial charge is 0.165 e. The molecule has 0 spiro atoms. The van der Waals surface area contributed by atoms with Gasteiger partial charge in [-0.3, -0.25) is 0 Å². The Morgan fingerprint density at radius 1 is 1.14 bits per heavy atom. The van der Waals surface area contributed by atoms with E-state index in [0.717, 1.165) is 23.3 Å². The first-order chi connectivity index (χ1) is 10.6. The Bertz CT molecular complexity index is 706. The van der Waals surface area contributed by atoms with Crippen LogP contribution in [0.25, 0.3) is 0 Å². The largest absolute Gasteiger partial charge is 0.489 e. The van der Waals surface area contributed by atoms with E-state index in [2.05, 4.69) is 0 Å². The Labute approximate surface area is 135 Å². The van der Waals surface area contributed by atoms with Crippen molar-refractivity contribution in [2.24, 2.45) is 5.92 Å². The number of hydrogen-bond donors (Lipinski definition) is 0. The van der Waals surface area contributed by atoms with Crippen molar-refractivity contribution in [2.45, 2.75) is 10.1 Å². The highest BCUT2D eigenvalue weighted by molar-refractivity contribution is 7.99. The Balaban J connectivity index is 2.02. The van der Waals surface area contributed by atoms with Crippen molar-refractivity contribution < 1.29 is 18.3 Å². The third kappa shape index (κ3) is 2.83. The predicted octanol–water partition coefficient (Wildman–Crippen LogP) is 4.66. The fraction of sp³-hybridized carbons (Fsp3) is 0.188. The molecule has 0 saturated carbocycles. The van der Waals surface area contributed by atoms with Gasteiger partial charge in [0.05, 0.1) is 17.8 Å². The number of rotatable bonds is 3. The van der Waals surface area contributed by atoms with Crippen LogP contribution >= 0.6 is 23.4 Å². The zero-order chi connectivity index (χ0) is 15.7. The van der Waals surface area contributed by atoms with E-state index in [1.165, 1.54) is 11.8 Å². The first-order valence-electron chi connectivity index (χ1n) is 6.58. The molecule has 0 amide bonds. The average Bonchev–Trinajstić information content (AvgIpc) is 2.53. The summed E-state index contributed by atoms with van der Waals surface area (Å²) in [7, 11) is 0. The molecule has 0 aromatic heterocycles. The molecule has 0 saturated heterocycles. The molecule has 114 valence electrons. The lowest BCUT2D eigenvalue weighted by Crippen LogP contribution is -2.27. The van der Waals surface area contributed by atoms with E-state index in [9.17, 15) is 13.6 Å². The number of carbonyl (C=O) groups excluding carboxylic acids is 1. The maximum atomic E-state index is 14.2. The van der Waals surface area contributed by atoms with Crippen LogP contribution in [0.1, 0.15) is 10.8 Å². The van der Waals surface area contributed by atoms with Crippen LogP contribution in [-0.2, 0) is 4.79 Å². The Hall–Kier alpha value is -1.59. The molecule has 0 aliphatic carbocycles. The van der Waals surface area contributed by atoms with Crippen LogP contribution in [0.15, 0.2) is 41.3 Å². The van der Waals surface area contributed by atoms with Gasteiger partial charge in [-0.2, -0.15) is 0 Å². The second-order valence-electron chi connectivity index (χ2n) is 4.88. The minimum Gasteiger partial charge on any atom is -0.489 e. The molecule has 1 aliphatic rings. The molecule has 0 N–H and O–H groups in total. The van der Waals surface area contributed by atoms with Crippen LogP contribution in [0.4, 0.5) is 8.78 Å². The van der Waals surface area contributed by atoms with Crippen molar-refractivity contribution in [3.8, 4) is 5.75 Å². The van der Waals surface area contributed by atoms with Crippen molar-refractivity contribution in [2.75, 3.05) is 6.61 Å². The Kier molecular flexibility index (Phi) is 4.36. The zero-order valence-corrected chi connectivity index (χ0v) is 12.8. The monoisotopic (exact) mass is 340 g/mol. The zero-order valence-electron chi connectivity index (χ0n) is 11.3. The second kappa shape index (κ2) is 6.26. The molecule has 0 bridgehead atoms. The summed E-state index contributed by atoms with van der Waals surface area (Å²) < 4.78 is 33.3. The van der Waals surface area contributed by atoms with Gasteiger partial charge < -0.3 is 9.53 Å². The van der Waals surface area contributed by atoms with Crippen LogP contribution in [0.5, 0.6) is 5.75 Å². The van der Waals surface area contributed by atoms with Gasteiger partial charge in [0.1, 0.15) is 12.1 Å². The minimum absolute atomic E-state index is 0.0299. The lowest BCUT2D eigenvalue weighted by Gasteiger charge is -2.30. The molecule has 2 aromatic rings. The van der Waals surface area contributed by atoms with Gasteiger partial charge in [0.15, 0.2) is 11.6 Å². The predicted molar refractivity (Wildman–Crippen MR) is 81.5 cm³/mol. The summed E-state index contributed by atoms with van der Waals surface area (Å²) in [5.74, 6) is -1.86. The maximum Gasteiger partial charge on any atom is 0.165 e. The van der Waals surface area contributed by atoms with Gasteiger partial charge in [0, 0.05) is 15.5 Å². The molecule has 3 rings (SSSR count). The molecule has 1 heterocycles. The van der Waals surface area contributed by atoms with Crippen LogP contribution < -0.4 is 4.74 Å². The van der Waals surface area contributed by atoms with Gasteiger partial charge in [-0.1, -0.05) is 11.6 Å². The van der Waals surface area contributed by atoms with Crippen LogP contribution in [0.2, 0.25) is 5.02 Å². The number of aldehydes is 1. The summed E-state index contributed by atoms with van der Waals surface area (Å²) in [6.45, 7) is 0.0299. The van der Waals surface area contributed by atoms with E-state index in [-0.39, 0.29) is 17.9 Å². The lowest BCUT2D eigenvalue weighted by molar-refractivity contribution is -0.112. The topological polar surface area (TPSA) is 26.3 Å². The van der Waals surface area contributed by atoms with Crippen molar-refractivity contribution in [1.29, 1.82) is 0 Å². The molecule has 6 heteroatoms. The van der Waals surface area contributed by atoms with Gasteiger partial charge in [0.25, 0.3) is 0 Å². The quantitative estimate of drug-likeness (QED) is 0.760. The fourth-order valence-electron chi connectivity index (χ4n) is 2.36. The third-order valence-corrected chi connectivity index (χ3v) is 5.08. The number of halogens is 3. The average molecular weight is 341 g/mol. The van der Waals surface area contributed by atoms with E-state index in [0.29, 0.717) is 5.02 Å². The first-order valence-corrected chi connectivity index (χ1v) is 7.84. The van der Waals surface area contributed by atoms with Crippen molar-refractivity contribution in [3.05, 3.63) is 58.6 Å². The summed E-state index contributed by atoms with van der Waals surface area (Å²) in [5, 5.41) is 0.0408. The number of benzene rings is 2. The number of carbonyl (C=O) groups is 1. The maximum absolute atomic E-state index is 14.2. The molecule has 2 aromatic carbocycles. The number of ether oxygens (including phenoxy) is 1. The SMILES string of the molecule is O=CC1COc2c(F)ccc(F)c2[C@@H]1Sc1ccc(Cl)cc1. The Morgan fingerprint density at radius 2 is 1.82 bits per heavy atom. The van der Waals surface area contributed by atoms with Gasteiger partial charge in [-0.05, 0) is 36.4 Å². The highest BCUT2D eigenvalue weighted by Gasteiger charge is 2.35. The van der Waals surface area contributed by atoms with Crippen LogP contribution in [0.3, 0.4) is 0 Å². The highest BCUT2D eigenvalue weighted by Crippen LogP contribution is 2.48. The standard InChI is InChI=1S/C16H11ClF2O2S/c17-10-1-3-11(4-2-10)22-16-9(7-20)8-21-15-13(19)6-5-12(18)14(15)16/h1-7,9,16H,8H2/t9?,16-/m1/s1. The second-order valence-corrected chi connectivity index (χ2v) is 6.53. The van der Waals surface area contributed by atoms with Crippen molar-refractivity contribution in [3.63, 3.8) is 0 Å². The molecular weight excluding hydrogens is 330 g/mol. The van der Waals surface area contributed by atoms with Crippen LogP contribution in [-0.4, -0.2) is 12.9 Å². The molecular formula is C16H11ClF2O2S. The van der Waals surface area contributed by atoms with Crippen LogP contribution in [0, 0.1) is 17.6 Å². The van der Waals surface area contributed by atoms with E-state index < -0.39 is 22.8 Å². The first kappa shape index (κ1) is 15.3. The highest BCUT2D eigenvalue weighted by atomic mass is 35.5. The van der Waals surface area contributed by atoms with E-state index in [1.807, 2.05) is 0 Å². The van der Waals surface area contributed by atoms with Gasteiger partial charge >= 0.3 is 0 Å².